The quantitative estimate of drug-likeness (QED) is 0.0249. The van der Waals surface area contributed by atoms with Crippen molar-refractivity contribution in [2.75, 3.05) is 63.8 Å². The summed E-state index contributed by atoms with van der Waals surface area (Å²) in [5, 5.41) is 5.54. The summed E-state index contributed by atoms with van der Waals surface area (Å²) >= 11 is 0. The highest BCUT2D eigenvalue weighted by atomic mass is 16.5. The standard InChI is InChI=1S/C92H146N6O8/c1-13-21-25-28-31-34-37-40-43-46-58-100-86-61-76(62-87(101-59-47-44-41-38-35-32-29-26-22-14-2)88(86)102-60-48-45-42-39-36-33-30-27-23-15-3)52-56-79-64-85(106-70-74(12)20-8)81(66-83(79)104-68-72(10)18-6)80-65-82(103-67-71(9)17-5)78(63-84(80)105-69-73(11)19-7)55-51-75-49-53-77(54-50-75)89-95-90(93)97-91(96-89)98-92(99)94-57-24-16-4/h49-56,61-66,71-74H,13-48,57-60,67-70H2,1-12H3,(H4,93,94,95,96,97,98,99)/b55-51+,56-52+/t71-,72-,73-,74-/m0/s1. The number of carbonyl (C=O) groups excluding carboxylic acids is 1. The Kier molecular flexibility index (Phi) is 46.9. The lowest BCUT2D eigenvalue weighted by atomic mass is 9.97. The summed E-state index contributed by atoms with van der Waals surface area (Å²) in [5.74, 6) is 6.79. The number of unbranched alkanes of at least 4 members (excludes halogenated alkanes) is 28. The molecule has 4 N–H and O–H groups in total. The second kappa shape index (κ2) is 55.4. The van der Waals surface area contributed by atoms with Gasteiger partial charge in [0.05, 0.1) is 46.2 Å². The molecule has 1 aromatic heterocycles. The smallest absolute Gasteiger partial charge is 0.321 e. The van der Waals surface area contributed by atoms with Gasteiger partial charge in [-0.2, -0.15) is 15.0 Å². The monoisotopic (exact) mass is 1460 g/mol. The second-order valence-electron chi connectivity index (χ2n) is 30.4. The van der Waals surface area contributed by atoms with Gasteiger partial charge in [0.25, 0.3) is 0 Å². The number of amides is 2. The van der Waals surface area contributed by atoms with Crippen molar-refractivity contribution in [2.45, 2.75) is 314 Å². The highest BCUT2D eigenvalue weighted by molar-refractivity contribution is 5.88. The molecule has 14 nitrogen and oxygen atoms in total. The molecule has 0 saturated heterocycles. The molecule has 1 heterocycles. The van der Waals surface area contributed by atoms with Crippen molar-refractivity contribution in [3.63, 3.8) is 0 Å². The zero-order valence-corrected chi connectivity index (χ0v) is 68.7. The molecule has 5 aromatic rings. The van der Waals surface area contributed by atoms with Gasteiger partial charge >= 0.3 is 6.03 Å². The summed E-state index contributed by atoms with van der Waals surface area (Å²) in [7, 11) is 0. The Hall–Kier alpha value is -6.96. The van der Waals surface area contributed by atoms with E-state index in [1.165, 1.54) is 154 Å². The third-order valence-electron chi connectivity index (χ3n) is 20.5. The number of rotatable bonds is 62. The number of hydrogen-bond acceptors (Lipinski definition) is 12. The summed E-state index contributed by atoms with van der Waals surface area (Å²) in [5.41, 5.74) is 12.3. The lowest BCUT2D eigenvalue weighted by Crippen LogP contribution is -2.30. The Balaban J connectivity index is 1.61. The van der Waals surface area contributed by atoms with Crippen molar-refractivity contribution < 1.29 is 38.0 Å². The van der Waals surface area contributed by atoms with Gasteiger partial charge < -0.3 is 44.2 Å². The fourth-order valence-electron chi connectivity index (χ4n) is 12.3. The summed E-state index contributed by atoms with van der Waals surface area (Å²) in [6.45, 7) is 31.2. The number of nitrogens with one attached hydrogen (secondary N) is 2. The van der Waals surface area contributed by atoms with Gasteiger partial charge in [-0.15, -0.1) is 0 Å². The van der Waals surface area contributed by atoms with E-state index < -0.39 is 6.03 Å². The number of nitrogens with two attached hydrogens (primary N) is 1. The first-order chi connectivity index (χ1) is 51.8. The topological polar surface area (TPSA) is 170 Å². The van der Waals surface area contributed by atoms with E-state index in [2.05, 4.69) is 169 Å². The van der Waals surface area contributed by atoms with Crippen LogP contribution in [0.25, 0.3) is 46.8 Å². The van der Waals surface area contributed by atoms with Crippen LogP contribution >= 0.6 is 0 Å². The number of urea groups is 1. The molecule has 0 saturated carbocycles. The predicted molar refractivity (Wildman–Crippen MR) is 450 cm³/mol. The third kappa shape index (κ3) is 36.3. The average Bonchev–Trinajstić information content (AvgIpc) is 0.778. The second-order valence-corrected chi connectivity index (χ2v) is 30.4. The fraction of sp³-hybridized carbons (Fsp3) is 0.652. The number of ether oxygens (including phenoxy) is 7. The highest BCUT2D eigenvalue weighted by Gasteiger charge is 2.23. The van der Waals surface area contributed by atoms with E-state index in [0.29, 0.717) is 82.3 Å². The zero-order valence-electron chi connectivity index (χ0n) is 68.7. The van der Waals surface area contributed by atoms with Crippen LogP contribution in [0.3, 0.4) is 0 Å². The molecule has 0 aliphatic carbocycles. The number of benzene rings is 4. The molecule has 0 bridgehead atoms. The Morgan fingerprint density at radius 3 is 1.12 bits per heavy atom. The molecule has 0 fully saturated rings. The largest absolute Gasteiger partial charge is 0.493 e. The Labute approximate surface area is 644 Å². The van der Waals surface area contributed by atoms with E-state index in [9.17, 15) is 4.79 Å². The molecule has 0 unspecified atom stereocenters. The molecule has 5 rings (SSSR count). The minimum atomic E-state index is -0.395. The number of nitrogens with zero attached hydrogens (tertiary/aromatic N) is 3. The van der Waals surface area contributed by atoms with Gasteiger partial charge in [-0.25, -0.2) is 4.79 Å². The number of nitrogen functional groups attached to an aromatic ring is 1. The molecule has 0 radical (unpaired) electrons. The predicted octanol–water partition coefficient (Wildman–Crippen LogP) is 26.6. The van der Waals surface area contributed by atoms with E-state index in [4.69, 9.17) is 38.9 Å². The fourth-order valence-corrected chi connectivity index (χ4v) is 12.3. The van der Waals surface area contributed by atoms with Crippen LogP contribution in [0.2, 0.25) is 0 Å². The number of hydrogen-bond donors (Lipinski definition) is 3. The van der Waals surface area contributed by atoms with Gasteiger partial charge in [0, 0.05) is 34.4 Å². The number of anilines is 2. The van der Waals surface area contributed by atoms with Crippen LogP contribution in [0.15, 0.2) is 60.7 Å². The molecule has 106 heavy (non-hydrogen) atoms. The molecular weight excluding hydrogens is 1320 g/mol. The Bertz CT molecular complexity index is 3160. The average molecular weight is 1460 g/mol. The maximum absolute atomic E-state index is 12.6. The van der Waals surface area contributed by atoms with Gasteiger partial charge in [0.2, 0.25) is 17.6 Å². The summed E-state index contributed by atoms with van der Waals surface area (Å²) in [6.07, 6.45) is 52.1. The molecule has 592 valence electrons. The van der Waals surface area contributed by atoms with Gasteiger partial charge in [0.15, 0.2) is 17.3 Å². The molecule has 2 amide bonds. The van der Waals surface area contributed by atoms with E-state index >= 15 is 0 Å². The van der Waals surface area contributed by atoms with Crippen LogP contribution in [0.4, 0.5) is 16.7 Å². The molecule has 4 aromatic carbocycles. The normalized spacial score (nSPS) is 12.7. The first kappa shape index (κ1) is 89.7. The van der Waals surface area contributed by atoms with Crippen molar-refractivity contribution in [1.82, 2.24) is 20.3 Å². The first-order valence-corrected chi connectivity index (χ1v) is 42.7. The first-order valence-electron chi connectivity index (χ1n) is 42.7. The number of aromatic nitrogens is 3. The summed E-state index contributed by atoms with van der Waals surface area (Å²) < 4.78 is 48.7. The number of carbonyl (C=O) groups is 1. The van der Waals surface area contributed by atoms with E-state index in [-0.39, 0.29) is 11.9 Å². The minimum Gasteiger partial charge on any atom is -0.493 e. The molecule has 0 aliphatic rings. The zero-order chi connectivity index (χ0) is 76.2. The Morgan fingerprint density at radius 1 is 0.377 bits per heavy atom. The van der Waals surface area contributed by atoms with Crippen LogP contribution in [0.5, 0.6) is 40.2 Å². The lowest BCUT2D eigenvalue weighted by molar-refractivity contribution is 0.234. The van der Waals surface area contributed by atoms with Crippen molar-refractivity contribution in [3.05, 3.63) is 82.9 Å². The lowest BCUT2D eigenvalue weighted by Gasteiger charge is -2.23. The van der Waals surface area contributed by atoms with E-state index in [1.54, 1.807) is 0 Å². The maximum Gasteiger partial charge on any atom is 0.321 e. The van der Waals surface area contributed by atoms with Gasteiger partial charge in [-0.1, -0.05) is 337 Å². The van der Waals surface area contributed by atoms with Gasteiger partial charge in [0.1, 0.15) is 23.0 Å². The molecule has 0 aliphatic heterocycles. The third-order valence-corrected chi connectivity index (χ3v) is 20.5. The summed E-state index contributed by atoms with van der Waals surface area (Å²) in [4.78, 5) is 25.7. The van der Waals surface area contributed by atoms with Crippen LogP contribution < -0.4 is 49.5 Å². The van der Waals surface area contributed by atoms with Crippen LogP contribution in [-0.4, -0.2) is 73.8 Å². The molecule has 0 spiro atoms. The van der Waals surface area contributed by atoms with Crippen molar-refractivity contribution in [2.24, 2.45) is 23.7 Å². The minimum absolute atomic E-state index is 0.00923. The maximum atomic E-state index is 12.6. The molecular formula is C92H146N6O8. The van der Waals surface area contributed by atoms with E-state index in [0.717, 1.165) is 156 Å². The van der Waals surface area contributed by atoms with Crippen molar-refractivity contribution >= 4 is 42.2 Å². The van der Waals surface area contributed by atoms with Crippen molar-refractivity contribution in [3.8, 4) is 62.8 Å². The Morgan fingerprint density at radius 2 is 0.736 bits per heavy atom. The summed E-state index contributed by atoms with van der Waals surface area (Å²) in [6, 6.07) is 20.4. The SMILES string of the molecule is CCCCCCCCCCCCOc1cc(/C=C/c2cc(OC[C@@H](C)CC)c(-c3cc(OC[C@@H](C)CC)c(/C=C/c4ccc(-c5nc(N)nc(NC(=O)NCCCC)n5)cc4)cc3OC[C@@H](C)CC)cc2OC[C@@H](C)CC)cc(OCCCCCCCCCCCC)c1OCCCCCCCCCCCC. The van der Waals surface area contributed by atoms with E-state index in [1.807, 2.05) is 24.3 Å². The molecule has 14 heteroatoms. The van der Waals surface area contributed by atoms with Crippen molar-refractivity contribution in [1.29, 1.82) is 0 Å². The van der Waals surface area contributed by atoms with Crippen LogP contribution in [-0.2, 0) is 0 Å². The van der Waals surface area contributed by atoms with Gasteiger partial charge in [-0.3, -0.25) is 5.32 Å². The van der Waals surface area contributed by atoms with Crippen LogP contribution in [0, 0.1) is 23.7 Å². The van der Waals surface area contributed by atoms with Gasteiger partial charge in [-0.05, 0) is 96.9 Å². The molecule has 4 atom stereocenters. The van der Waals surface area contributed by atoms with Crippen LogP contribution in [0.1, 0.15) is 336 Å². The highest BCUT2D eigenvalue weighted by Crippen LogP contribution is 2.46.